The zero-order valence-electron chi connectivity index (χ0n) is 12.9. The van der Waals surface area contributed by atoms with Gasteiger partial charge in [0.2, 0.25) is 0 Å². The van der Waals surface area contributed by atoms with E-state index in [1.54, 1.807) is 23.3 Å². The third kappa shape index (κ3) is 2.84. The number of aromatic nitrogens is 4. The van der Waals surface area contributed by atoms with Crippen LogP contribution in [0.3, 0.4) is 0 Å². The number of rotatable bonds is 3. The molecule has 0 saturated carbocycles. The Labute approximate surface area is 134 Å². The number of carbonyl (C=O) groups is 1. The average Bonchev–Trinajstić information content (AvgIpc) is 3.27. The number of nitrogens with one attached hydrogen (secondary N) is 1. The third-order valence-electron chi connectivity index (χ3n) is 4.81. The number of hydrogen-bond acceptors (Lipinski definition) is 5. The maximum atomic E-state index is 12.6. The minimum atomic E-state index is -0.0984. The van der Waals surface area contributed by atoms with Crippen LogP contribution in [0.15, 0.2) is 30.9 Å². The Balaban J connectivity index is 1.50. The molecule has 2 saturated heterocycles. The molecule has 7 nitrogen and oxygen atoms in total. The molecule has 0 aromatic carbocycles. The number of nitrogens with zero attached hydrogens (tertiary/aromatic N) is 5. The summed E-state index contributed by atoms with van der Waals surface area (Å²) in [6.45, 7) is 2.33. The maximum Gasteiger partial charge on any atom is 0.270 e. The standard InChI is InChI=1S/C16H20N6O/c23-16(20-12-5-2-8-21-9-3-6-14(12)21)13-4-1-7-15(19-13)22-10-17-18-11-22/h1,4,7,10-12,14H,2-3,5-6,8-9H2,(H,20,23)/t12-,14-/m1/s1. The first-order valence-corrected chi connectivity index (χ1v) is 8.18. The van der Waals surface area contributed by atoms with Crippen molar-refractivity contribution in [3.05, 3.63) is 36.5 Å². The summed E-state index contributed by atoms with van der Waals surface area (Å²) in [6.07, 6.45) is 7.76. The van der Waals surface area contributed by atoms with Crippen LogP contribution in [0.2, 0.25) is 0 Å². The van der Waals surface area contributed by atoms with Crippen molar-refractivity contribution in [3.8, 4) is 5.82 Å². The lowest BCUT2D eigenvalue weighted by atomic mass is 9.96. The highest BCUT2D eigenvalue weighted by Gasteiger charge is 2.35. The van der Waals surface area contributed by atoms with Gasteiger partial charge in [0.25, 0.3) is 5.91 Å². The Hall–Kier alpha value is -2.28. The normalized spacial score (nSPS) is 24.3. The van der Waals surface area contributed by atoms with Crippen LogP contribution in [0.25, 0.3) is 5.82 Å². The van der Waals surface area contributed by atoms with Gasteiger partial charge in [-0.15, -0.1) is 10.2 Å². The Bertz CT molecular complexity index is 686. The van der Waals surface area contributed by atoms with Crippen molar-refractivity contribution in [2.45, 2.75) is 37.8 Å². The molecule has 2 aromatic heterocycles. The van der Waals surface area contributed by atoms with Gasteiger partial charge in [0.15, 0.2) is 0 Å². The second-order valence-corrected chi connectivity index (χ2v) is 6.22. The van der Waals surface area contributed by atoms with Gasteiger partial charge in [-0.25, -0.2) is 4.98 Å². The minimum Gasteiger partial charge on any atom is -0.346 e. The van der Waals surface area contributed by atoms with E-state index in [-0.39, 0.29) is 11.9 Å². The largest absolute Gasteiger partial charge is 0.346 e. The maximum absolute atomic E-state index is 12.6. The molecule has 0 bridgehead atoms. The van der Waals surface area contributed by atoms with Crippen LogP contribution in [0.1, 0.15) is 36.2 Å². The molecule has 4 heterocycles. The third-order valence-corrected chi connectivity index (χ3v) is 4.81. The van der Waals surface area contributed by atoms with Gasteiger partial charge in [-0.3, -0.25) is 14.3 Å². The molecule has 0 aliphatic carbocycles. The molecular weight excluding hydrogens is 292 g/mol. The second-order valence-electron chi connectivity index (χ2n) is 6.22. The van der Waals surface area contributed by atoms with E-state index < -0.39 is 0 Å². The Morgan fingerprint density at radius 3 is 2.74 bits per heavy atom. The van der Waals surface area contributed by atoms with E-state index in [2.05, 4.69) is 25.4 Å². The van der Waals surface area contributed by atoms with E-state index in [9.17, 15) is 4.79 Å². The summed E-state index contributed by atoms with van der Waals surface area (Å²) in [5, 5.41) is 10.7. The van der Waals surface area contributed by atoms with Crippen molar-refractivity contribution in [2.24, 2.45) is 0 Å². The summed E-state index contributed by atoms with van der Waals surface area (Å²) in [6, 6.07) is 6.14. The summed E-state index contributed by atoms with van der Waals surface area (Å²) in [4.78, 5) is 19.5. The van der Waals surface area contributed by atoms with E-state index in [0.717, 1.165) is 12.8 Å². The molecule has 7 heteroatoms. The number of fused-ring (bicyclic) bond motifs is 1. The molecule has 4 rings (SSSR count). The predicted octanol–water partition coefficient (Wildman–Crippen LogP) is 1.02. The van der Waals surface area contributed by atoms with Gasteiger partial charge < -0.3 is 5.32 Å². The number of amides is 1. The summed E-state index contributed by atoms with van der Waals surface area (Å²) >= 11 is 0. The first-order valence-electron chi connectivity index (χ1n) is 8.18. The molecule has 23 heavy (non-hydrogen) atoms. The minimum absolute atomic E-state index is 0.0984. The molecule has 0 unspecified atom stereocenters. The molecule has 2 atom stereocenters. The Morgan fingerprint density at radius 2 is 1.91 bits per heavy atom. The van der Waals surface area contributed by atoms with Gasteiger partial charge in [-0.1, -0.05) is 6.07 Å². The van der Waals surface area contributed by atoms with Crippen LogP contribution in [0.4, 0.5) is 0 Å². The number of hydrogen-bond donors (Lipinski definition) is 1. The zero-order valence-corrected chi connectivity index (χ0v) is 12.9. The van der Waals surface area contributed by atoms with Gasteiger partial charge in [0, 0.05) is 12.1 Å². The van der Waals surface area contributed by atoms with Crippen molar-refractivity contribution in [3.63, 3.8) is 0 Å². The molecule has 120 valence electrons. The van der Waals surface area contributed by atoms with Crippen molar-refractivity contribution in [1.82, 2.24) is 30.0 Å². The first kappa shape index (κ1) is 14.3. The highest BCUT2D eigenvalue weighted by Crippen LogP contribution is 2.27. The number of carbonyl (C=O) groups excluding carboxylic acids is 1. The summed E-state index contributed by atoms with van der Waals surface area (Å²) in [7, 11) is 0. The van der Waals surface area contributed by atoms with Crippen LogP contribution in [-0.2, 0) is 0 Å². The highest BCUT2D eigenvalue weighted by atomic mass is 16.2. The van der Waals surface area contributed by atoms with Gasteiger partial charge in [0.1, 0.15) is 24.2 Å². The summed E-state index contributed by atoms with van der Waals surface area (Å²) < 4.78 is 1.69. The van der Waals surface area contributed by atoms with Crippen LogP contribution in [-0.4, -0.2) is 55.7 Å². The van der Waals surface area contributed by atoms with Crippen LogP contribution in [0.5, 0.6) is 0 Å². The molecular formula is C16H20N6O. The van der Waals surface area contributed by atoms with Crippen LogP contribution in [0, 0.1) is 0 Å². The quantitative estimate of drug-likeness (QED) is 0.916. The first-order chi connectivity index (χ1) is 11.3. The van der Waals surface area contributed by atoms with E-state index >= 15 is 0 Å². The smallest absolute Gasteiger partial charge is 0.270 e. The monoisotopic (exact) mass is 312 g/mol. The Morgan fingerprint density at radius 1 is 1.13 bits per heavy atom. The zero-order chi connectivity index (χ0) is 15.6. The van der Waals surface area contributed by atoms with Gasteiger partial charge >= 0.3 is 0 Å². The molecule has 1 N–H and O–H groups in total. The number of piperidine rings is 1. The SMILES string of the molecule is O=C(N[C@@H]1CCCN2CCC[C@H]12)c1cccc(-n2cnnc2)n1. The van der Waals surface area contributed by atoms with Crippen LogP contribution < -0.4 is 5.32 Å². The molecule has 0 spiro atoms. The molecule has 2 fully saturated rings. The van der Waals surface area contributed by atoms with Gasteiger partial charge in [-0.05, 0) is 50.9 Å². The lowest BCUT2D eigenvalue weighted by Gasteiger charge is -2.36. The van der Waals surface area contributed by atoms with E-state index in [4.69, 9.17) is 0 Å². The molecule has 1 amide bonds. The summed E-state index contributed by atoms with van der Waals surface area (Å²) in [5.41, 5.74) is 0.436. The molecule has 2 aliphatic heterocycles. The number of pyridine rings is 1. The van der Waals surface area contributed by atoms with Gasteiger partial charge in [-0.2, -0.15) is 0 Å². The van der Waals surface area contributed by atoms with E-state index in [1.165, 1.54) is 25.9 Å². The fraction of sp³-hybridized carbons (Fsp3) is 0.500. The highest BCUT2D eigenvalue weighted by molar-refractivity contribution is 5.92. The fourth-order valence-electron chi connectivity index (χ4n) is 3.72. The lowest BCUT2D eigenvalue weighted by molar-refractivity contribution is 0.0863. The Kier molecular flexibility index (Phi) is 3.78. The fourth-order valence-corrected chi connectivity index (χ4v) is 3.72. The van der Waals surface area contributed by atoms with Crippen LogP contribution >= 0.6 is 0 Å². The van der Waals surface area contributed by atoms with Crippen molar-refractivity contribution in [2.75, 3.05) is 13.1 Å². The topological polar surface area (TPSA) is 75.9 Å². The summed E-state index contributed by atoms with van der Waals surface area (Å²) in [5.74, 6) is 0.549. The van der Waals surface area contributed by atoms with Crippen molar-refractivity contribution in [1.29, 1.82) is 0 Å². The average molecular weight is 312 g/mol. The second kappa shape index (κ2) is 6.08. The van der Waals surface area contributed by atoms with E-state index in [1.807, 2.05) is 12.1 Å². The predicted molar refractivity (Wildman–Crippen MR) is 84.2 cm³/mol. The molecule has 0 radical (unpaired) electrons. The van der Waals surface area contributed by atoms with E-state index in [0.29, 0.717) is 17.6 Å². The van der Waals surface area contributed by atoms with Crippen molar-refractivity contribution >= 4 is 5.91 Å². The molecule has 2 aliphatic rings. The molecule has 2 aromatic rings. The van der Waals surface area contributed by atoms with Crippen molar-refractivity contribution < 1.29 is 4.79 Å². The van der Waals surface area contributed by atoms with Gasteiger partial charge in [0.05, 0.1) is 0 Å². The lowest BCUT2D eigenvalue weighted by Crippen LogP contribution is -2.52.